The van der Waals surface area contributed by atoms with Crippen LogP contribution < -0.4 is 10.2 Å². The highest BCUT2D eigenvalue weighted by molar-refractivity contribution is 7.99. The molecule has 2 aromatic heterocycles. The first-order valence-electron chi connectivity index (χ1n) is 8.32. The lowest BCUT2D eigenvalue weighted by Gasteiger charge is -2.20. The summed E-state index contributed by atoms with van der Waals surface area (Å²) in [4.78, 5) is 19.8. The first-order valence-corrected chi connectivity index (χ1v) is 9.31. The second-order valence-corrected chi connectivity index (χ2v) is 7.34. The van der Waals surface area contributed by atoms with E-state index in [1.807, 2.05) is 24.2 Å². The van der Waals surface area contributed by atoms with E-state index in [2.05, 4.69) is 15.4 Å². The van der Waals surface area contributed by atoms with E-state index in [1.54, 1.807) is 34.6 Å². The molecule has 0 saturated heterocycles. The number of carbonyl (C=O) groups excluding carboxylic acids is 1. The van der Waals surface area contributed by atoms with Crippen LogP contribution >= 0.6 is 11.8 Å². The van der Waals surface area contributed by atoms with Gasteiger partial charge in [0.25, 0.3) is 0 Å². The normalized spacial score (nSPS) is 15.6. The number of amides is 1. The number of rotatable bonds is 0. The summed E-state index contributed by atoms with van der Waals surface area (Å²) in [5, 5.41) is 7.18. The number of hydrogen-bond donors (Lipinski definition) is 1. The van der Waals surface area contributed by atoms with E-state index in [4.69, 9.17) is 0 Å². The third-order valence-electron chi connectivity index (χ3n) is 4.28. The van der Waals surface area contributed by atoms with E-state index in [-0.39, 0.29) is 18.1 Å². The van der Waals surface area contributed by atoms with Gasteiger partial charge < -0.3 is 10.2 Å². The Morgan fingerprint density at radius 2 is 2.15 bits per heavy atom. The van der Waals surface area contributed by atoms with Gasteiger partial charge in [-0.1, -0.05) is 0 Å². The minimum atomic E-state index is -0.256. The molecule has 0 radical (unpaired) electrons. The summed E-state index contributed by atoms with van der Waals surface area (Å²) in [6, 6.07) is 6.69. The number of benzene rings is 1. The summed E-state index contributed by atoms with van der Waals surface area (Å²) in [5.74, 6) is 1.16. The van der Waals surface area contributed by atoms with Crippen LogP contribution in [0.25, 0.3) is 5.65 Å². The molecule has 3 aromatic rings. The Labute approximate surface area is 154 Å². The van der Waals surface area contributed by atoms with E-state index >= 15 is 0 Å². The second-order valence-electron chi connectivity index (χ2n) is 6.21. The maximum atomic E-state index is 13.8. The van der Waals surface area contributed by atoms with Crippen molar-refractivity contribution in [3.8, 4) is 0 Å². The van der Waals surface area contributed by atoms with Gasteiger partial charge in [0.1, 0.15) is 11.6 Å². The van der Waals surface area contributed by atoms with Crippen molar-refractivity contribution < 1.29 is 9.18 Å². The van der Waals surface area contributed by atoms with E-state index in [0.29, 0.717) is 18.7 Å². The Bertz CT molecular complexity index is 973. The number of anilines is 1. The number of hydrogen-bond acceptors (Lipinski definition) is 5. The quantitative estimate of drug-likeness (QED) is 0.657. The molecule has 1 amide bonds. The molecule has 3 heterocycles. The van der Waals surface area contributed by atoms with Crippen LogP contribution in [0.5, 0.6) is 0 Å². The van der Waals surface area contributed by atoms with Gasteiger partial charge in [0.2, 0.25) is 5.91 Å². The van der Waals surface area contributed by atoms with Crippen molar-refractivity contribution in [2.45, 2.75) is 17.9 Å². The third kappa shape index (κ3) is 3.37. The van der Waals surface area contributed by atoms with Crippen molar-refractivity contribution >= 4 is 29.1 Å². The van der Waals surface area contributed by atoms with Crippen LogP contribution in [-0.2, 0) is 17.8 Å². The predicted molar refractivity (Wildman–Crippen MR) is 98.9 cm³/mol. The maximum absolute atomic E-state index is 13.8. The van der Waals surface area contributed by atoms with Gasteiger partial charge in [-0.3, -0.25) is 4.79 Å². The SMILES string of the molecule is CN1Cc2cc(F)ccc2SCCNC(=O)Cc2cnn3ccc1nc23. The number of carbonyl (C=O) groups is 1. The summed E-state index contributed by atoms with van der Waals surface area (Å²) in [6.45, 7) is 1.09. The van der Waals surface area contributed by atoms with E-state index in [0.717, 1.165) is 27.6 Å². The molecule has 6 nitrogen and oxygen atoms in total. The van der Waals surface area contributed by atoms with E-state index in [1.165, 1.54) is 6.07 Å². The molecular weight excluding hydrogens is 353 g/mol. The van der Waals surface area contributed by atoms with E-state index < -0.39 is 0 Å². The fourth-order valence-corrected chi connectivity index (χ4v) is 3.88. The predicted octanol–water partition coefficient (Wildman–Crippen LogP) is 2.27. The average molecular weight is 371 g/mol. The first kappa shape index (κ1) is 16.8. The number of aromatic nitrogens is 3. The van der Waals surface area contributed by atoms with E-state index in [9.17, 15) is 9.18 Å². The summed E-state index contributed by atoms with van der Waals surface area (Å²) in [6.07, 6.45) is 3.75. The van der Waals surface area contributed by atoms with Crippen LogP contribution in [0.15, 0.2) is 41.6 Å². The Hall–Kier alpha value is -2.61. The van der Waals surface area contributed by atoms with Gasteiger partial charge in [-0.25, -0.2) is 13.9 Å². The lowest BCUT2D eigenvalue weighted by atomic mass is 10.2. The van der Waals surface area contributed by atoms with Crippen molar-refractivity contribution in [1.29, 1.82) is 0 Å². The highest BCUT2D eigenvalue weighted by Crippen LogP contribution is 2.26. The molecule has 26 heavy (non-hydrogen) atoms. The molecule has 1 aromatic carbocycles. The van der Waals surface area contributed by atoms with Gasteiger partial charge in [-0.15, -0.1) is 11.8 Å². The summed E-state index contributed by atoms with van der Waals surface area (Å²) < 4.78 is 15.4. The van der Waals surface area contributed by atoms with Crippen molar-refractivity contribution in [2.24, 2.45) is 0 Å². The van der Waals surface area contributed by atoms with Gasteiger partial charge in [-0.05, 0) is 29.8 Å². The Morgan fingerprint density at radius 1 is 1.27 bits per heavy atom. The number of halogens is 1. The molecule has 4 rings (SSSR count). The fraction of sp³-hybridized carbons (Fsp3) is 0.278. The van der Waals surface area contributed by atoms with Gasteiger partial charge in [0.15, 0.2) is 5.65 Å². The van der Waals surface area contributed by atoms with Crippen LogP contribution in [0.1, 0.15) is 11.1 Å². The molecule has 2 bridgehead atoms. The largest absolute Gasteiger partial charge is 0.355 e. The molecule has 1 aliphatic heterocycles. The summed E-state index contributed by atoms with van der Waals surface area (Å²) >= 11 is 1.61. The van der Waals surface area contributed by atoms with Crippen LogP contribution in [0.4, 0.5) is 10.2 Å². The summed E-state index contributed by atoms with van der Waals surface area (Å²) in [7, 11) is 1.92. The number of fused-ring (bicyclic) bond motifs is 2. The molecule has 1 N–H and O–H groups in total. The topological polar surface area (TPSA) is 62.5 Å². The molecule has 134 valence electrons. The minimum Gasteiger partial charge on any atom is -0.355 e. The van der Waals surface area contributed by atoms with Gasteiger partial charge in [0, 0.05) is 42.5 Å². The molecule has 0 fully saturated rings. The highest BCUT2D eigenvalue weighted by Gasteiger charge is 2.15. The van der Waals surface area contributed by atoms with Crippen molar-refractivity contribution in [3.05, 3.63) is 53.6 Å². The van der Waals surface area contributed by atoms with Gasteiger partial charge in [-0.2, -0.15) is 5.10 Å². The zero-order valence-electron chi connectivity index (χ0n) is 14.3. The highest BCUT2D eigenvalue weighted by atomic mass is 32.2. The monoisotopic (exact) mass is 371 g/mol. The zero-order valence-corrected chi connectivity index (χ0v) is 15.1. The molecule has 0 saturated carbocycles. The summed E-state index contributed by atoms with van der Waals surface area (Å²) in [5.41, 5.74) is 2.35. The average Bonchev–Trinajstić information content (AvgIpc) is 3.01. The standard InChI is InChI=1S/C18H18FN5OS/c1-23-11-13-8-14(19)2-3-15(13)26-7-5-20-17(25)9-12-10-21-24-6-4-16(23)22-18(12)24/h2-4,6,8,10H,5,7,9,11H2,1H3,(H,20,25). The number of thioether (sulfide) groups is 1. The molecule has 0 atom stereocenters. The molecular formula is C18H18FN5OS. The second kappa shape index (κ2) is 6.95. The van der Waals surface area contributed by atoms with Crippen LogP contribution in [-0.4, -0.2) is 39.9 Å². The van der Waals surface area contributed by atoms with Crippen LogP contribution in [0, 0.1) is 5.82 Å². The van der Waals surface area contributed by atoms with Crippen molar-refractivity contribution in [1.82, 2.24) is 19.9 Å². The third-order valence-corrected chi connectivity index (χ3v) is 5.40. The molecule has 0 unspecified atom stereocenters. The number of nitrogens with zero attached hydrogens (tertiary/aromatic N) is 4. The minimum absolute atomic E-state index is 0.0579. The molecule has 8 heteroatoms. The fourth-order valence-electron chi connectivity index (χ4n) is 2.98. The smallest absolute Gasteiger partial charge is 0.224 e. The maximum Gasteiger partial charge on any atom is 0.224 e. The van der Waals surface area contributed by atoms with Crippen LogP contribution in [0.2, 0.25) is 0 Å². The lowest BCUT2D eigenvalue weighted by molar-refractivity contribution is -0.120. The van der Waals surface area contributed by atoms with Crippen molar-refractivity contribution in [2.75, 3.05) is 24.2 Å². The van der Waals surface area contributed by atoms with Crippen LogP contribution in [0.3, 0.4) is 0 Å². The Morgan fingerprint density at radius 3 is 3.04 bits per heavy atom. The lowest BCUT2D eigenvalue weighted by Crippen LogP contribution is -2.27. The number of nitrogens with one attached hydrogen (secondary N) is 1. The molecule has 1 aliphatic rings. The molecule has 0 spiro atoms. The first-order chi connectivity index (χ1) is 12.6. The zero-order chi connectivity index (χ0) is 18.1. The van der Waals surface area contributed by atoms with Gasteiger partial charge >= 0.3 is 0 Å². The van der Waals surface area contributed by atoms with Gasteiger partial charge in [0.05, 0.1) is 12.6 Å². The molecule has 0 aliphatic carbocycles. The Kier molecular flexibility index (Phi) is 4.50. The Balaban J connectivity index is 1.76. The van der Waals surface area contributed by atoms with Crippen molar-refractivity contribution in [3.63, 3.8) is 0 Å².